The van der Waals surface area contributed by atoms with E-state index in [1.807, 2.05) is 5.92 Å². The molecule has 3 amide bonds. The number of benzene rings is 1. The number of amides is 3. The van der Waals surface area contributed by atoms with Gasteiger partial charge < -0.3 is 25.4 Å². The Labute approximate surface area is 241 Å². The molecule has 1 aromatic carbocycles. The molecular weight excluding hydrogens is 560 g/mol. The zero-order valence-corrected chi connectivity index (χ0v) is 24.2. The fourth-order valence-electron chi connectivity index (χ4n) is 3.33. The maximum absolute atomic E-state index is 13.9. The largest absolute Gasteiger partial charge is 0.444 e. The van der Waals surface area contributed by atoms with E-state index >= 15 is 0 Å². The molecule has 42 heavy (non-hydrogen) atoms. The number of alkyl carbamates (subject to hydrolysis) is 2. The zero-order chi connectivity index (χ0) is 31.7. The van der Waals surface area contributed by atoms with Gasteiger partial charge in [0.25, 0.3) is 11.9 Å². The van der Waals surface area contributed by atoms with Crippen LogP contribution in [-0.4, -0.2) is 46.9 Å². The maximum Gasteiger partial charge on any atom is 0.408 e. The first-order valence-corrected chi connectivity index (χ1v) is 13.0. The van der Waals surface area contributed by atoms with Crippen molar-refractivity contribution < 1.29 is 41.4 Å². The summed E-state index contributed by atoms with van der Waals surface area (Å²) in [5, 5.41) is 7.78. The minimum Gasteiger partial charge on any atom is -0.444 e. The number of nitrogens with zero attached hydrogens (tertiary/aromatic N) is 1. The number of hydrogen-bond donors (Lipinski definition) is 3. The molecule has 0 fully saturated rings. The van der Waals surface area contributed by atoms with Crippen LogP contribution in [0.25, 0.3) is 0 Å². The Morgan fingerprint density at radius 2 is 1.48 bits per heavy atom. The van der Waals surface area contributed by atoms with E-state index < -0.39 is 64.4 Å². The summed E-state index contributed by atoms with van der Waals surface area (Å²) in [6, 6.07) is 4.77. The molecule has 1 atom stereocenters. The third kappa shape index (κ3) is 11.6. The first-order valence-electron chi connectivity index (χ1n) is 13.0. The van der Waals surface area contributed by atoms with E-state index in [-0.39, 0.29) is 24.2 Å². The number of rotatable bonds is 8. The minimum absolute atomic E-state index is 0.161. The normalized spacial score (nSPS) is 12.0. The summed E-state index contributed by atoms with van der Waals surface area (Å²) in [5.41, 5.74) is -2.20. The molecule has 2 aromatic rings. The molecule has 0 aliphatic rings. The molecule has 0 aliphatic carbocycles. The molecule has 9 nitrogen and oxygen atoms in total. The van der Waals surface area contributed by atoms with Gasteiger partial charge in [0.15, 0.2) is 11.6 Å². The van der Waals surface area contributed by atoms with Crippen LogP contribution in [0.15, 0.2) is 24.3 Å². The van der Waals surface area contributed by atoms with Crippen LogP contribution in [0.1, 0.15) is 71.9 Å². The van der Waals surface area contributed by atoms with Crippen LogP contribution in [0.5, 0.6) is 0 Å². The lowest BCUT2D eigenvalue weighted by atomic mass is 10.1. The van der Waals surface area contributed by atoms with E-state index in [2.05, 4.69) is 26.9 Å². The number of nitrogens with one attached hydrogen (secondary N) is 3. The molecule has 1 heterocycles. The van der Waals surface area contributed by atoms with Crippen molar-refractivity contribution in [3.8, 4) is 11.8 Å². The van der Waals surface area contributed by atoms with Crippen LogP contribution >= 0.6 is 0 Å². The third-order valence-electron chi connectivity index (χ3n) is 5.05. The monoisotopic (exact) mass is 594 g/mol. The van der Waals surface area contributed by atoms with Gasteiger partial charge in [-0.15, -0.1) is 0 Å². The van der Waals surface area contributed by atoms with Crippen molar-refractivity contribution in [2.24, 2.45) is 0 Å². The third-order valence-corrected chi connectivity index (χ3v) is 5.05. The van der Waals surface area contributed by atoms with Crippen LogP contribution < -0.4 is 16.0 Å². The van der Waals surface area contributed by atoms with Gasteiger partial charge in [-0.1, -0.05) is 17.9 Å². The Kier molecular flexibility index (Phi) is 11.7. The number of aromatic nitrogens is 1. The molecule has 0 spiro atoms. The van der Waals surface area contributed by atoms with Gasteiger partial charge in [0, 0.05) is 17.8 Å². The molecule has 0 saturated carbocycles. The lowest BCUT2D eigenvalue weighted by Gasteiger charge is -2.23. The molecule has 3 N–H and O–H groups in total. The van der Waals surface area contributed by atoms with E-state index in [0.717, 1.165) is 0 Å². The molecular formula is C29H34F4N4O5. The van der Waals surface area contributed by atoms with Gasteiger partial charge >= 0.3 is 12.2 Å². The van der Waals surface area contributed by atoms with Crippen LogP contribution in [-0.2, 0) is 14.3 Å². The molecule has 0 aliphatic heterocycles. The van der Waals surface area contributed by atoms with Crippen molar-refractivity contribution >= 4 is 23.8 Å². The standard InChI is InChI=1S/C29H34F4N4O5/c1-28(2,3)41-26(39)34-15-8-7-12-20(36-27(40)42-29(4,5)6)25(38)35-18-11-9-10-17(16-18)13-14-19-21(30)23(32)37-24(33)22(19)31/h9-11,16,20H,7-8,12,15H2,1-6H3,(H,34,39)(H,35,38)(H,36,40)/t20-/m0/s1. The number of anilines is 1. The SMILES string of the molecule is CC(C)(C)OC(=O)NCCCC[C@H](NC(=O)OC(C)(C)C)C(=O)Nc1cccc(C#Cc2c(F)c(F)nc(F)c2F)c1. The highest BCUT2D eigenvalue weighted by atomic mass is 19.2. The van der Waals surface area contributed by atoms with Crippen molar-refractivity contribution in [3.63, 3.8) is 0 Å². The molecule has 0 unspecified atom stereocenters. The Hall–Kier alpha value is -4.34. The Morgan fingerprint density at radius 1 is 0.881 bits per heavy atom. The van der Waals surface area contributed by atoms with E-state index in [0.29, 0.717) is 12.8 Å². The summed E-state index contributed by atoms with van der Waals surface area (Å²) in [6.07, 6.45) is -0.275. The quantitative estimate of drug-likeness (QED) is 0.159. The molecule has 1 aromatic heterocycles. The smallest absolute Gasteiger partial charge is 0.408 e. The van der Waals surface area contributed by atoms with Gasteiger partial charge in [-0.05, 0) is 79.0 Å². The predicted octanol–water partition coefficient (Wildman–Crippen LogP) is 5.56. The summed E-state index contributed by atoms with van der Waals surface area (Å²) in [7, 11) is 0. The van der Waals surface area contributed by atoms with Crippen molar-refractivity contribution in [3.05, 3.63) is 58.9 Å². The first kappa shape index (κ1) is 33.9. The fraction of sp³-hybridized carbons (Fsp3) is 0.448. The Balaban J connectivity index is 2.11. The van der Waals surface area contributed by atoms with Crippen LogP contribution in [0.3, 0.4) is 0 Å². The van der Waals surface area contributed by atoms with Crippen LogP contribution in [0.4, 0.5) is 32.8 Å². The summed E-state index contributed by atoms with van der Waals surface area (Å²) in [6.45, 7) is 10.5. The van der Waals surface area contributed by atoms with Gasteiger partial charge in [-0.3, -0.25) is 4.79 Å². The van der Waals surface area contributed by atoms with Crippen LogP contribution in [0, 0.1) is 35.4 Å². The average molecular weight is 595 g/mol. The zero-order valence-electron chi connectivity index (χ0n) is 24.2. The second kappa shape index (κ2) is 14.5. The molecule has 0 radical (unpaired) electrons. The molecule has 2 rings (SSSR count). The summed E-state index contributed by atoms with van der Waals surface area (Å²) < 4.78 is 64.9. The molecule has 228 valence electrons. The van der Waals surface area contributed by atoms with Gasteiger partial charge in [0.05, 0.1) is 0 Å². The summed E-state index contributed by atoms with van der Waals surface area (Å²) in [5.74, 6) is -3.28. The summed E-state index contributed by atoms with van der Waals surface area (Å²) >= 11 is 0. The molecule has 13 heteroatoms. The number of ether oxygens (including phenoxy) is 2. The fourth-order valence-corrected chi connectivity index (χ4v) is 3.33. The number of pyridine rings is 1. The van der Waals surface area contributed by atoms with Gasteiger partial charge in [-0.2, -0.15) is 13.8 Å². The highest BCUT2D eigenvalue weighted by molar-refractivity contribution is 5.96. The van der Waals surface area contributed by atoms with Crippen LogP contribution in [0.2, 0.25) is 0 Å². The van der Waals surface area contributed by atoms with Gasteiger partial charge in [-0.25, -0.2) is 18.4 Å². The Bertz CT molecular complexity index is 1330. The lowest BCUT2D eigenvalue weighted by Crippen LogP contribution is -2.45. The summed E-state index contributed by atoms with van der Waals surface area (Å²) in [4.78, 5) is 39.8. The topological polar surface area (TPSA) is 119 Å². The number of carbonyl (C=O) groups is 3. The minimum atomic E-state index is -1.83. The van der Waals surface area contributed by atoms with E-state index in [1.54, 1.807) is 41.5 Å². The number of carbonyl (C=O) groups excluding carboxylic acids is 3. The molecule has 0 bridgehead atoms. The predicted molar refractivity (Wildman–Crippen MR) is 146 cm³/mol. The highest BCUT2D eigenvalue weighted by Gasteiger charge is 2.25. The number of hydrogen-bond acceptors (Lipinski definition) is 6. The maximum atomic E-state index is 13.9. The second-order valence-electron chi connectivity index (χ2n) is 11.1. The second-order valence-corrected chi connectivity index (χ2v) is 11.1. The van der Waals surface area contributed by atoms with Crippen molar-refractivity contribution in [2.45, 2.75) is 78.0 Å². The van der Waals surface area contributed by atoms with Crippen molar-refractivity contribution in [1.29, 1.82) is 0 Å². The lowest BCUT2D eigenvalue weighted by molar-refractivity contribution is -0.118. The molecule has 0 saturated heterocycles. The van der Waals surface area contributed by atoms with Gasteiger partial charge in [0.2, 0.25) is 5.91 Å². The number of unbranched alkanes of at least 4 members (excludes halogenated alkanes) is 1. The number of halogens is 4. The van der Waals surface area contributed by atoms with E-state index in [4.69, 9.17) is 9.47 Å². The van der Waals surface area contributed by atoms with E-state index in [1.165, 1.54) is 24.3 Å². The van der Waals surface area contributed by atoms with Crippen molar-refractivity contribution in [2.75, 3.05) is 11.9 Å². The Morgan fingerprint density at radius 3 is 2.07 bits per heavy atom. The van der Waals surface area contributed by atoms with E-state index in [9.17, 15) is 31.9 Å². The van der Waals surface area contributed by atoms with Gasteiger partial charge in [0.1, 0.15) is 22.8 Å². The highest BCUT2D eigenvalue weighted by Crippen LogP contribution is 2.17. The van der Waals surface area contributed by atoms with Crippen molar-refractivity contribution in [1.82, 2.24) is 15.6 Å². The first-order chi connectivity index (χ1) is 19.4. The average Bonchev–Trinajstić information content (AvgIpc) is 2.84.